The molecule has 0 aliphatic carbocycles. The van der Waals surface area contributed by atoms with E-state index in [9.17, 15) is 9.59 Å². The number of benzene rings is 1. The monoisotopic (exact) mass is 255 g/mol. The van der Waals surface area contributed by atoms with Crippen molar-refractivity contribution < 1.29 is 14.7 Å². The summed E-state index contributed by atoms with van der Waals surface area (Å²) in [5.41, 5.74) is 0.984. The van der Waals surface area contributed by atoms with E-state index >= 15 is 0 Å². The summed E-state index contributed by atoms with van der Waals surface area (Å²) >= 11 is 0. The van der Waals surface area contributed by atoms with E-state index in [-0.39, 0.29) is 12.2 Å². The predicted octanol–water partition coefficient (Wildman–Crippen LogP) is 2.52. The molecule has 0 amide bonds. The number of hydrogen-bond acceptors (Lipinski definition) is 3. The molecule has 0 aliphatic heterocycles. The normalized spacial score (nSPS) is 11.8. The molecule has 4 heteroatoms. The van der Waals surface area contributed by atoms with Gasteiger partial charge >= 0.3 is 5.97 Å². The minimum absolute atomic E-state index is 0.221. The number of aromatic nitrogens is 1. The fourth-order valence-electron chi connectivity index (χ4n) is 1.89. The zero-order chi connectivity index (χ0) is 13.7. The second kappa shape index (κ2) is 5.91. The maximum atomic E-state index is 12.4. The summed E-state index contributed by atoms with van der Waals surface area (Å²) in [5.74, 6) is -1.98. The van der Waals surface area contributed by atoms with Gasteiger partial charge < -0.3 is 5.11 Å². The van der Waals surface area contributed by atoms with Gasteiger partial charge in [-0.25, -0.2) is 0 Å². The summed E-state index contributed by atoms with van der Waals surface area (Å²) in [6.07, 6.45) is 1.30. The lowest BCUT2D eigenvalue weighted by atomic mass is 9.91. The average molecular weight is 255 g/mol. The summed E-state index contributed by atoms with van der Waals surface area (Å²) in [6.45, 7) is 0. The largest absolute Gasteiger partial charge is 0.481 e. The number of carboxylic acid groups (broad SMARTS) is 1. The second-order valence-corrected chi connectivity index (χ2v) is 4.14. The van der Waals surface area contributed by atoms with Gasteiger partial charge in [0.25, 0.3) is 0 Å². The van der Waals surface area contributed by atoms with Crippen LogP contribution in [0, 0.1) is 0 Å². The van der Waals surface area contributed by atoms with Gasteiger partial charge in [-0.2, -0.15) is 0 Å². The molecule has 1 heterocycles. The van der Waals surface area contributed by atoms with Gasteiger partial charge in [0, 0.05) is 11.8 Å². The van der Waals surface area contributed by atoms with Gasteiger partial charge in [0.05, 0.1) is 18.0 Å². The number of rotatable bonds is 5. The first-order chi connectivity index (χ1) is 9.18. The van der Waals surface area contributed by atoms with E-state index in [1.165, 1.54) is 0 Å². The highest BCUT2D eigenvalue weighted by Gasteiger charge is 2.25. The Kier molecular flexibility index (Phi) is 4.03. The van der Waals surface area contributed by atoms with Crippen LogP contribution in [0.1, 0.15) is 28.4 Å². The molecule has 4 nitrogen and oxygen atoms in total. The number of ketones is 1. The lowest BCUT2D eigenvalue weighted by Gasteiger charge is -2.13. The van der Waals surface area contributed by atoms with Crippen LogP contribution >= 0.6 is 0 Å². The van der Waals surface area contributed by atoms with Crippen molar-refractivity contribution in [3.05, 3.63) is 66.0 Å². The minimum atomic E-state index is -1.01. The van der Waals surface area contributed by atoms with Gasteiger partial charge in [0.15, 0.2) is 5.78 Å². The van der Waals surface area contributed by atoms with Crippen LogP contribution in [-0.4, -0.2) is 21.8 Å². The van der Waals surface area contributed by atoms with Crippen molar-refractivity contribution in [2.24, 2.45) is 0 Å². The Hall–Kier alpha value is -2.49. The van der Waals surface area contributed by atoms with E-state index in [1.807, 2.05) is 6.07 Å². The van der Waals surface area contributed by atoms with Gasteiger partial charge in [-0.1, -0.05) is 36.4 Å². The molecule has 0 saturated carbocycles. The summed E-state index contributed by atoms with van der Waals surface area (Å²) in [7, 11) is 0. The van der Waals surface area contributed by atoms with Gasteiger partial charge in [0.2, 0.25) is 0 Å². The third-order valence-electron chi connectivity index (χ3n) is 2.80. The number of carbonyl (C=O) groups excluding carboxylic acids is 1. The highest BCUT2D eigenvalue weighted by Crippen LogP contribution is 2.22. The Morgan fingerprint density at radius 1 is 1.05 bits per heavy atom. The predicted molar refractivity (Wildman–Crippen MR) is 70.0 cm³/mol. The van der Waals surface area contributed by atoms with E-state index in [0.717, 1.165) is 0 Å². The molecular formula is C15H13NO3. The third-order valence-corrected chi connectivity index (χ3v) is 2.80. The molecule has 0 radical (unpaired) electrons. The van der Waals surface area contributed by atoms with Crippen LogP contribution in [0.25, 0.3) is 0 Å². The first-order valence-corrected chi connectivity index (χ1v) is 5.90. The topological polar surface area (TPSA) is 67.3 Å². The van der Waals surface area contributed by atoms with Crippen LogP contribution in [0.3, 0.4) is 0 Å². The number of aliphatic carboxylic acids is 1. The molecule has 96 valence electrons. The van der Waals surface area contributed by atoms with Crippen LogP contribution in [0.5, 0.6) is 0 Å². The molecular weight excluding hydrogens is 242 g/mol. The van der Waals surface area contributed by atoms with E-state index in [0.29, 0.717) is 11.3 Å². The first kappa shape index (κ1) is 13.0. The number of carboxylic acids is 1. The van der Waals surface area contributed by atoms with E-state index in [2.05, 4.69) is 4.98 Å². The molecule has 1 N–H and O–H groups in total. The minimum Gasteiger partial charge on any atom is -0.481 e. The molecule has 1 atom stereocenters. The molecule has 1 aromatic carbocycles. The molecule has 0 saturated heterocycles. The van der Waals surface area contributed by atoms with Gasteiger partial charge in [-0.3, -0.25) is 14.6 Å². The van der Waals surface area contributed by atoms with Gasteiger partial charge in [0.1, 0.15) is 0 Å². The number of hydrogen-bond donors (Lipinski definition) is 1. The molecule has 1 unspecified atom stereocenters. The number of nitrogens with zero attached hydrogens (tertiary/aromatic N) is 1. The molecule has 2 aromatic rings. The Balaban J connectivity index is 2.33. The Bertz CT molecular complexity index is 566. The van der Waals surface area contributed by atoms with Crippen molar-refractivity contribution in [3.63, 3.8) is 0 Å². The molecule has 0 fully saturated rings. The average Bonchev–Trinajstić information content (AvgIpc) is 2.46. The van der Waals surface area contributed by atoms with E-state index < -0.39 is 11.9 Å². The van der Waals surface area contributed by atoms with Crippen LogP contribution in [0.2, 0.25) is 0 Å². The summed E-state index contributed by atoms with van der Waals surface area (Å²) < 4.78 is 0. The maximum Gasteiger partial charge on any atom is 0.304 e. The quantitative estimate of drug-likeness (QED) is 0.833. The maximum absolute atomic E-state index is 12.4. The number of pyridine rings is 1. The third kappa shape index (κ3) is 3.25. The summed E-state index contributed by atoms with van der Waals surface area (Å²) in [6, 6.07) is 13.8. The van der Waals surface area contributed by atoms with Crippen molar-refractivity contribution in [2.75, 3.05) is 0 Å². The number of carbonyl (C=O) groups is 2. The van der Waals surface area contributed by atoms with Crippen molar-refractivity contribution in [2.45, 2.75) is 12.3 Å². The van der Waals surface area contributed by atoms with Crippen LogP contribution in [-0.2, 0) is 4.79 Å². The summed E-state index contributed by atoms with van der Waals surface area (Å²) in [4.78, 5) is 27.4. The van der Waals surface area contributed by atoms with E-state index in [4.69, 9.17) is 5.11 Å². The number of Topliss-reactive ketones (excluding diaryl/α,β-unsaturated/α-hetero) is 1. The molecule has 2 rings (SSSR count). The highest BCUT2D eigenvalue weighted by molar-refractivity contribution is 6.02. The second-order valence-electron chi connectivity index (χ2n) is 4.14. The van der Waals surface area contributed by atoms with Gasteiger partial charge in [-0.05, 0) is 12.1 Å². The van der Waals surface area contributed by atoms with Crippen LogP contribution in [0.4, 0.5) is 0 Å². The molecule has 1 aromatic heterocycles. The van der Waals surface area contributed by atoms with Crippen molar-refractivity contribution in [1.29, 1.82) is 0 Å². The standard InChI is InChI=1S/C15H13NO3/c17-14(18)10-12(13-8-4-5-9-16-13)15(19)11-6-2-1-3-7-11/h1-9,12H,10H2,(H,17,18). The molecule has 0 aliphatic rings. The lowest BCUT2D eigenvalue weighted by Crippen LogP contribution is -2.18. The molecule has 19 heavy (non-hydrogen) atoms. The fraction of sp³-hybridized carbons (Fsp3) is 0.133. The smallest absolute Gasteiger partial charge is 0.304 e. The molecule has 0 spiro atoms. The van der Waals surface area contributed by atoms with Crippen LogP contribution < -0.4 is 0 Å². The van der Waals surface area contributed by atoms with Crippen LogP contribution in [0.15, 0.2) is 54.7 Å². The van der Waals surface area contributed by atoms with Crippen molar-refractivity contribution in [1.82, 2.24) is 4.98 Å². The summed E-state index contributed by atoms with van der Waals surface area (Å²) in [5, 5.41) is 8.96. The zero-order valence-corrected chi connectivity index (χ0v) is 10.2. The van der Waals surface area contributed by atoms with Gasteiger partial charge in [-0.15, -0.1) is 0 Å². The Labute approximate surface area is 110 Å². The zero-order valence-electron chi connectivity index (χ0n) is 10.2. The van der Waals surface area contributed by atoms with Crippen molar-refractivity contribution >= 4 is 11.8 Å². The Morgan fingerprint density at radius 3 is 2.32 bits per heavy atom. The lowest BCUT2D eigenvalue weighted by molar-refractivity contribution is -0.137. The first-order valence-electron chi connectivity index (χ1n) is 5.90. The highest BCUT2D eigenvalue weighted by atomic mass is 16.4. The van der Waals surface area contributed by atoms with E-state index in [1.54, 1.807) is 48.7 Å². The molecule has 0 bridgehead atoms. The van der Waals surface area contributed by atoms with Crippen molar-refractivity contribution in [3.8, 4) is 0 Å². The Morgan fingerprint density at radius 2 is 1.74 bits per heavy atom. The SMILES string of the molecule is O=C(O)CC(C(=O)c1ccccc1)c1ccccn1. The fourth-order valence-corrected chi connectivity index (χ4v) is 1.89.